The van der Waals surface area contributed by atoms with Crippen molar-refractivity contribution in [2.24, 2.45) is 0 Å². The molecule has 8 heteroatoms. The van der Waals surface area contributed by atoms with E-state index >= 15 is 0 Å². The Hall–Kier alpha value is -4.32. The average Bonchev–Trinajstić information content (AvgIpc) is 3.95. The van der Waals surface area contributed by atoms with Gasteiger partial charge in [-0.15, -0.1) is 0 Å². The van der Waals surface area contributed by atoms with Gasteiger partial charge in [-0.1, -0.05) is 48.5 Å². The van der Waals surface area contributed by atoms with Gasteiger partial charge < -0.3 is 9.97 Å². The van der Waals surface area contributed by atoms with Crippen molar-refractivity contribution in [3.8, 4) is 33.6 Å². The van der Waals surface area contributed by atoms with E-state index in [4.69, 9.17) is 9.97 Å². The molecule has 2 radical (unpaired) electrons. The Labute approximate surface area is 269 Å². The van der Waals surface area contributed by atoms with Crippen LogP contribution in [0, 0.1) is 12.8 Å². The van der Waals surface area contributed by atoms with E-state index in [1.54, 1.807) is 0 Å². The second-order valence-electron chi connectivity index (χ2n) is 13.0. The van der Waals surface area contributed by atoms with E-state index in [1.807, 2.05) is 25.2 Å². The van der Waals surface area contributed by atoms with Gasteiger partial charge in [0.1, 0.15) is 23.5 Å². The highest BCUT2D eigenvalue weighted by molar-refractivity contribution is 5.71. The molecule has 4 fully saturated rings. The van der Waals surface area contributed by atoms with E-state index < -0.39 is 0 Å². The maximum Gasteiger partial charge on any atom is 0.125 e. The highest BCUT2D eigenvalue weighted by atomic mass is 16.1. The molecule has 2 aromatic carbocycles. The molecular weight excluding hydrogens is 572 g/mol. The maximum atomic E-state index is 11.5. The van der Waals surface area contributed by atoms with Crippen molar-refractivity contribution in [2.75, 3.05) is 13.1 Å². The van der Waals surface area contributed by atoms with Crippen LogP contribution in [-0.4, -0.2) is 66.8 Å². The molecule has 46 heavy (non-hydrogen) atoms. The van der Waals surface area contributed by atoms with Gasteiger partial charge in [-0.3, -0.25) is 9.80 Å². The number of rotatable bonds is 7. The number of aromatic nitrogens is 4. The second kappa shape index (κ2) is 12.5. The van der Waals surface area contributed by atoms with E-state index in [-0.39, 0.29) is 24.2 Å². The lowest BCUT2D eigenvalue weighted by Crippen LogP contribution is -2.34. The Morgan fingerprint density at radius 1 is 0.565 bits per heavy atom. The number of nitrogens with zero attached hydrogens (tertiary/aromatic N) is 4. The molecule has 4 heterocycles. The lowest BCUT2D eigenvalue weighted by Gasteiger charge is -2.29. The minimum absolute atomic E-state index is 0.160. The van der Waals surface area contributed by atoms with Crippen LogP contribution >= 0.6 is 0 Å². The molecule has 232 valence electrons. The molecule has 0 spiro atoms. The van der Waals surface area contributed by atoms with Gasteiger partial charge >= 0.3 is 0 Å². The molecule has 0 amide bonds. The Balaban J connectivity index is 0.944. The van der Waals surface area contributed by atoms with E-state index in [0.29, 0.717) is 0 Å². The van der Waals surface area contributed by atoms with Crippen LogP contribution < -0.4 is 0 Å². The highest BCUT2D eigenvalue weighted by Crippen LogP contribution is 2.40. The van der Waals surface area contributed by atoms with Crippen LogP contribution in [0.15, 0.2) is 72.1 Å². The summed E-state index contributed by atoms with van der Waals surface area (Å²) in [5.41, 5.74) is 8.13. The predicted octanol–water partition coefficient (Wildman–Crippen LogP) is 6.66. The topological polar surface area (TPSA) is 98.0 Å². The monoisotopic (exact) mass is 610 g/mol. The zero-order valence-electron chi connectivity index (χ0n) is 25.9. The lowest BCUT2D eigenvalue weighted by atomic mass is 10.0. The van der Waals surface area contributed by atoms with Crippen LogP contribution in [0.2, 0.25) is 0 Å². The quantitative estimate of drug-likeness (QED) is 0.227. The summed E-state index contributed by atoms with van der Waals surface area (Å²) in [6.07, 6.45) is 16.1. The normalized spacial score (nSPS) is 25.4. The maximum absolute atomic E-state index is 11.5. The van der Waals surface area contributed by atoms with Crippen molar-refractivity contribution in [3.63, 3.8) is 0 Å². The summed E-state index contributed by atoms with van der Waals surface area (Å²) in [5, 5.41) is 0. The molecule has 0 bridgehead atoms. The smallest absolute Gasteiger partial charge is 0.125 e. The van der Waals surface area contributed by atoms with Crippen LogP contribution in [0.1, 0.15) is 75.1 Å². The van der Waals surface area contributed by atoms with Crippen LogP contribution in [0.3, 0.4) is 0 Å². The second-order valence-corrected chi connectivity index (χ2v) is 13.0. The van der Waals surface area contributed by atoms with Gasteiger partial charge in [-0.05, 0) is 99.6 Å². The minimum Gasteiger partial charge on any atom is -0.341 e. The molecule has 2 aliphatic heterocycles. The Morgan fingerprint density at radius 3 is 1.39 bits per heavy atom. The Morgan fingerprint density at radius 2 is 0.978 bits per heavy atom. The number of H-pyrrole nitrogens is 2. The van der Waals surface area contributed by atoms with Crippen LogP contribution in [-0.2, 0) is 9.59 Å². The molecule has 4 aromatic rings. The van der Waals surface area contributed by atoms with Crippen molar-refractivity contribution in [3.05, 3.63) is 96.6 Å². The fourth-order valence-corrected chi connectivity index (χ4v) is 8.19. The molecule has 4 aliphatic rings. The third-order valence-electron chi connectivity index (χ3n) is 10.5. The van der Waals surface area contributed by atoms with E-state index in [0.717, 1.165) is 121 Å². The van der Waals surface area contributed by atoms with Gasteiger partial charge in [0, 0.05) is 23.2 Å². The summed E-state index contributed by atoms with van der Waals surface area (Å²) in [7, 11) is 0. The standard InChI is InChI=1S/C38H38N6O2/c45-23-29-5-1-7-33(29)43-19-3-9-35(43)37-39-21-31(41-37)27-15-11-25(12-16-27)26-13-17-28(18-14-26)32-22-40-38(42-32)36-10-4-20-44(36)34-8-2-6-30(34)24-46/h5-6,11-18,21-22,33-36H,1-4,7-10,19-20H2,(H,39,41)(H,40,42)/t33-,34?,35-,36?/m0/s1. The summed E-state index contributed by atoms with van der Waals surface area (Å²) < 4.78 is 0. The molecule has 8 rings (SSSR count). The Bertz CT molecular complexity index is 1670. The number of hydrogen-bond acceptors (Lipinski definition) is 6. The highest BCUT2D eigenvalue weighted by Gasteiger charge is 2.39. The van der Waals surface area contributed by atoms with Gasteiger partial charge in [0.25, 0.3) is 0 Å². The first-order valence-corrected chi connectivity index (χ1v) is 16.7. The number of carbonyl (C=O) groups excluding carboxylic acids is 2. The molecule has 2 N–H and O–H groups in total. The summed E-state index contributed by atoms with van der Waals surface area (Å²) in [6.45, 7) is 1.97. The fourth-order valence-electron chi connectivity index (χ4n) is 8.19. The van der Waals surface area contributed by atoms with Crippen molar-refractivity contribution in [2.45, 2.75) is 75.5 Å². The number of likely N-dealkylation sites (tertiary alicyclic amines) is 2. The van der Waals surface area contributed by atoms with E-state index in [2.05, 4.69) is 80.2 Å². The van der Waals surface area contributed by atoms with Gasteiger partial charge in [0.05, 0.1) is 35.9 Å². The van der Waals surface area contributed by atoms with Crippen molar-refractivity contribution < 1.29 is 9.59 Å². The summed E-state index contributed by atoms with van der Waals surface area (Å²) in [5.74, 6) is 6.30. The number of hydrogen-bond donors (Lipinski definition) is 2. The molecule has 8 nitrogen and oxygen atoms in total. The minimum atomic E-state index is 0.160. The Kier molecular flexibility index (Phi) is 7.89. The summed E-state index contributed by atoms with van der Waals surface area (Å²) >= 11 is 0. The largest absolute Gasteiger partial charge is 0.341 e. The summed E-state index contributed by atoms with van der Waals surface area (Å²) in [6, 6.07) is 18.0. The predicted molar refractivity (Wildman–Crippen MR) is 177 cm³/mol. The van der Waals surface area contributed by atoms with Gasteiger partial charge in [0.2, 0.25) is 0 Å². The number of imidazole rings is 2. The van der Waals surface area contributed by atoms with Crippen molar-refractivity contribution in [1.29, 1.82) is 0 Å². The average molecular weight is 611 g/mol. The first-order chi connectivity index (χ1) is 22.7. The van der Waals surface area contributed by atoms with Crippen molar-refractivity contribution in [1.82, 2.24) is 29.7 Å². The van der Waals surface area contributed by atoms with Gasteiger partial charge in [-0.2, -0.15) is 0 Å². The number of benzene rings is 2. The molecule has 2 aliphatic carbocycles. The fraction of sp³-hybridized carbons (Fsp3) is 0.368. The van der Waals surface area contributed by atoms with Crippen LogP contribution in [0.4, 0.5) is 0 Å². The molecule has 2 unspecified atom stereocenters. The molecular formula is C38H38N6O2. The molecule has 2 saturated carbocycles. The molecule has 2 saturated heterocycles. The number of nitrogens with one attached hydrogen (secondary N) is 2. The zero-order valence-corrected chi connectivity index (χ0v) is 25.9. The van der Waals surface area contributed by atoms with Crippen LogP contribution in [0.25, 0.3) is 33.6 Å². The third kappa shape index (κ3) is 5.32. The van der Waals surface area contributed by atoms with E-state index in [1.165, 1.54) is 0 Å². The zero-order chi connectivity index (χ0) is 31.0. The van der Waals surface area contributed by atoms with E-state index in [9.17, 15) is 9.59 Å². The van der Waals surface area contributed by atoms with Crippen LogP contribution in [0.5, 0.6) is 0 Å². The molecule has 4 atom stereocenters. The SMILES string of the molecule is O=C=C1[CH]CCC1N1CCCC1c1ncc(-c2ccc(-c3ccc(-c4cnc([C@@H]5CCCN5[C@H]5CC[CH]C5=C=O)[nH]4)cc3)cc2)[nH]1. The first-order valence-electron chi connectivity index (χ1n) is 16.7. The molecule has 2 aromatic heterocycles. The van der Waals surface area contributed by atoms with Gasteiger partial charge in [-0.25, -0.2) is 19.6 Å². The first kappa shape index (κ1) is 29.1. The lowest BCUT2D eigenvalue weighted by molar-refractivity contribution is 0.202. The van der Waals surface area contributed by atoms with Gasteiger partial charge in [0.15, 0.2) is 0 Å². The van der Waals surface area contributed by atoms with Crippen molar-refractivity contribution >= 4 is 11.9 Å². The number of aromatic amines is 2. The summed E-state index contributed by atoms with van der Waals surface area (Å²) in [4.78, 5) is 44.5. The third-order valence-corrected chi connectivity index (χ3v) is 10.5.